The Hall–Kier alpha value is -0.760. The molecule has 0 bridgehead atoms. The molecule has 0 spiro atoms. The highest BCUT2D eigenvalue weighted by molar-refractivity contribution is 5.20. The monoisotopic (exact) mass is 168 g/mol. The van der Waals surface area contributed by atoms with Gasteiger partial charge in [0.05, 0.1) is 6.10 Å². The van der Waals surface area contributed by atoms with Crippen molar-refractivity contribution in [2.24, 2.45) is 0 Å². The second-order valence-electron chi connectivity index (χ2n) is 3.33. The van der Waals surface area contributed by atoms with Gasteiger partial charge in [-0.1, -0.05) is 0 Å². The lowest BCUT2D eigenvalue weighted by Crippen LogP contribution is -2.01. The Morgan fingerprint density at radius 2 is 2.17 bits per heavy atom. The average molecular weight is 168 g/mol. The van der Waals surface area contributed by atoms with Gasteiger partial charge in [0.2, 0.25) is 0 Å². The molecule has 0 aliphatic rings. The normalized spacial score (nSPS) is 13.3. The molecule has 2 nitrogen and oxygen atoms in total. The molecule has 1 N–H and O–H groups in total. The zero-order valence-corrected chi connectivity index (χ0v) is 7.92. The fourth-order valence-electron chi connectivity index (χ4n) is 1.30. The van der Waals surface area contributed by atoms with E-state index in [1.54, 1.807) is 0 Å². The largest absolute Gasteiger partial charge is 0.466 e. The molecule has 0 radical (unpaired) electrons. The van der Waals surface area contributed by atoms with Gasteiger partial charge in [-0.05, 0) is 45.2 Å². The summed E-state index contributed by atoms with van der Waals surface area (Å²) in [6, 6.07) is 2.04. The number of aryl methyl sites for hydroxylation is 3. The Morgan fingerprint density at radius 1 is 1.50 bits per heavy atom. The second-order valence-corrected chi connectivity index (χ2v) is 3.33. The summed E-state index contributed by atoms with van der Waals surface area (Å²) in [5.41, 5.74) is 1.22. The van der Waals surface area contributed by atoms with E-state index in [1.807, 2.05) is 26.8 Å². The third kappa shape index (κ3) is 2.38. The Morgan fingerprint density at radius 3 is 2.58 bits per heavy atom. The Bertz CT molecular complexity index is 248. The van der Waals surface area contributed by atoms with E-state index in [9.17, 15) is 0 Å². The van der Waals surface area contributed by atoms with Crippen LogP contribution in [-0.2, 0) is 6.42 Å². The molecule has 0 saturated heterocycles. The first-order valence-electron chi connectivity index (χ1n) is 4.33. The lowest BCUT2D eigenvalue weighted by Gasteiger charge is -2.01. The van der Waals surface area contributed by atoms with Crippen molar-refractivity contribution in [3.8, 4) is 0 Å². The molecule has 68 valence electrons. The van der Waals surface area contributed by atoms with Crippen LogP contribution in [0.3, 0.4) is 0 Å². The minimum absolute atomic E-state index is 0.223. The van der Waals surface area contributed by atoms with Gasteiger partial charge in [-0.3, -0.25) is 0 Å². The Balaban J connectivity index is 2.57. The molecule has 0 aliphatic carbocycles. The van der Waals surface area contributed by atoms with Crippen LogP contribution in [0.15, 0.2) is 10.5 Å². The highest BCUT2D eigenvalue weighted by atomic mass is 16.3. The van der Waals surface area contributed by atoms with Crippen LogP contribution in [0.25, 0.3) is 0 Å². The molecule has 1 aromatic heterocycles. The zero-order valence-electron chi connectivity index (χ0n) is 7.92. The highest BCUT2D eigenvalue weighted by Crippen LogP contribution is 2.15. The maximum atomic E-state index is 9.08. The molecule has 1 heterocycles. The van der Waals surface area contributed by atoms with Crippen molar-refractivity contribution in [1.82, 2.24) is 0 Å². The zero-order chi connectivity index (χ0) is 9.14. The van der Waals surface area contributed by atoms with E-state index in [2.05, 4.69) is 0 Å². The lowest BCUT2D eigenvalue weighted by molar-refractivity contribution is 0.185. The highest BCUT2D eigenvalue weighted by Gasteiger charge is 2.05. The summed E-state index contributed by atoms with van der Waals surface area (Å²) in [6.45, 7) is 5.71. The SMILES string of the molecule is Cc1cc(CC[C@H](C)O)c(C)o1. The second kappa shape index (κ2) is 3.76. The van der Waals surface area contributed by atoms with Crippen molar-refractivity contribution in [1.29, 1.82) is 0 Å². The number of aliphatic hydroxyl groups excluding tert-OH is 1. The predicted molar refractivity (Wildman–Crippen MR) is 48.2 cm³/mol. The summed E-state index contributed by atoms with van der Waals surface area (Å²) in [5, 5.41) is 9.08. The smallest absolute Gasteiger partial charge is 0.104 e. The number of hydrogen-bond donors (Lipinski definition) is 1. The van der Waals surface area contributed by atoms with Crippen LogP contribution in [0.2, 0.25) is 0 Å². The number of hydrogen-bond acceptors (Lipinski definition) is 2. The molecule has 12 heavy (non-hydrogen) atoms. The quantitative estimate of drug-likeness (QED) is 0.750. The van der Waals surface area contributed by atoms with Gasteiger partial charge < -0.3 is 9.52 Å². The summed E-state index contributed by atoms with van der Waals surface area (Å²) in [4.78, 5) is 0. The predicted octanol–water partition coefficient (Wildman–Crippen LogP) is 2.21. The standard InChI is InChI=1S/C10H16O2/c1-7(11)4-5-10-6-8(2)12-9(10)3/h6-7,11H,4-5H2,1-3H3/t7-/m0/s1. The van der Waals surface area contributed by atoms with E-state index >= 15 is 0 Å². The van der Waals surface area contributed by atoms with E-state index in [-0.39, 0.29) is 6.10 Å². The van der Waals surface area contributed by atoms with E-state index in [1.165, 1.54) is 5.56 Å². The van der Waals surface area contributed by atoms with Crippen molar-refractivity contribution in [2.75, 3.05) is 0 Å². The van der Waals surface area contributed by atoms with E-state index in [4.69, 9.17) is 9.52 Å². The average Bonchev–Trinajstić information content (AvgIpc) is 2.26. The van der Waals surface area contributed by atoms with Crippen molar-refractivity contribution >= 4 is 0 Å². The van der Waals surface area contributed by atoms with Gasteiger partial charge in [0.15, 0.2) is 0 Å². The molecular weight excluding hydrogens is 152 g/mol. The minimum atomic E-state index is -0.223. The molecule has 1 atom stereocenters. The van der Waals surface area contributed by atoms with Crippen molar-refractivity contribution in [3.05, 3.63) is 23.2 Å². The van der Waals surface area contributed by atoms with Crippen LogP contribution in [0, 0.1) is 13.8 Å². The molecule has 0 aliphatic heterocycles. The van der Waals surface area contributed by atoms with Gasteiger partial charge in [0.25, 0.3) is 0 Å². The molecule has 0 saturated carbocycles. The fourth-order valence-corrected chi connectivity index (χ4v) is 1.30. The molecule has 0 unspecified atom stereocenters. The van der Waals surface area contributed by atoms with Crippen LogP contribution in [-0.4, -0.2) is 11.2 Å². The first kappa shape index (κ1) is 9.33. The molecular formula is C10H16O2. The topological polar surface area (TPSA) is 33.4 Å². The summed E-state index contributed by atoms with van der Waals surface area (Å²) < 4.78 is 5.37. The first-order chi connectivity index (χ1) is 5.59. The fraction of sp³-hybridized carbons (Fsp3) is 0.600. The summed E-state index contributed by atoms with van der Waals surface area (Å²) >= 11 is 0. The first-order valence-corrected chi connectivity index (χ1v) is 4.33. The van der Waals surface area contributed by atoms with Crippen LogP contribution in [0.1, 0.15) is 30.4 Å². The number of rotatable bonds is 3. The summed E-state index contributed by atoms with van der Waals surface area (Å²) in [7, 11) is 0. The van der Waals surface area contributed by atoms with E-state index in [0.717, 1.165) is 24.4 Å². The van der Waals surface area contributed by atoms with Gasteiger partial charge in [0.1, 0.15) is 11.5 Å². The molecule has 0 aromatic carbocycles. The third-order valence-corrected chi connectivity index (χ3v) is 1.98. The van der Waals surface area contributed by atoms with Gasteiger partial charge in [-0.15, -0.1) is 0 Å². The summed E-state index contributed by atoms with van der Waals surface area (Å²) in [6.07, 6.45) is 1.49. The van der Waals surface area contributed by atoms with Crippen molar-refractivity contribution < 1.29 is 9.52 Å². The van der Waals surface area contributed by atoms with Crippen LogP contribution in [0.5, 0.6) is 0 Å². The van der Waals surface area contributed by atoms with Gasteiger partial charge in [0, 0.05) is 0 Å². The van der Waals surface area contributed by atoms with Crippen LogP contribution >= 0.6 is 0 Å². The van der Waals surface area contributed by atoms with Crippen LogP contribution in [0.4, 0.5) is 0 Å². The molecule has 1 rings (SSSR count). The molecule has 1 aromatic rings. The van der Waals surface area contributed by atoms with Gasteiger partial charge >= 0.3 is 0 Å². The Labute approximate surface area is 73.2 Å². The maximum absolute atomic E-state index is 9.08. The lowest BCUT2D eigenvalue weighted by atomic mass is 10.1. The third-order valence-electron chi connectivity index (χ3n) is 1.98. The van der Waals surface area contributed by atoms with E-state index in [0.29, 0.717) is 0 Å². The Kier molecular flexibility index (Phi) is 2.93. The number of furan rings is 1. The summed E-state index contributed by atoms with van der Waals surface area (Å²) in [5.74, 6) is 1.93. The van der Waals surface area contributed by atoms with Crippen molar-refractivity contribution in [2.45, 2.75) is 39.7 Å². The van der Waals surface area contributed by atoms with Crippen LogP contribution < -0.4 is 0 Å². The van der Waals surface area contributed by atoms with Crippen molar-refractivity contribution in [3.63, 3.8) is 0 Å². The van der Waals surface area contributed by atoms with Gasteiger partial charge in [-0.25, -0.2) is 0 Å². The minimum Gasteiger partial charge on any atom is -0.466 e. The molecule has 2 heteroatoms. The van der Waals surface area contributed by atoms with E-state index < -0.39 is 0 Å². The molecule has 0 fully saturated rings. The van der Waals surface area contributed by atoms with Gasteiger partial charge in [-0.2, -0.15) is 0 Å². The molecule has 0 amide bonds. The maximum Gasteiger partial charge on any atom is 0.104 e. The number of aliphatic hydroxyl groups is 1.